The third-order valence-corrected chi connectivity index (χ3v) is 8.09. The van der Waals surface area contributed by atoms with E-state index < -0.39 is 10.0 Å². The van der Waals surface area contributed by atoms with E-state index in [4.69, 9.17) is 0 Å². The van der Waals surface area contributed by atoms with Crippen LogP contribution in [0.5, 0.6) is 0 Å². The molecule has 1 aliphatic heterocycles. The highest BCUT2D eigenvalue weighted by atomic mass is 32.2. The maximum atomic E-state index is 13.0. The van der Waals surface area contributed by atoms with Gasteiger partial charge in [-0.3, -0.25) is 4.79 Å². The molecule has 1 saturated heterocycles. The van der Waals surface area contributed by atoms with Gasteiger partial charge >= 0.3 is 0 Å². The number of aromatic nitrogens is 1. The van der Waals surface area contributed by atoms with Crippen molar-refractivity contribution in [2.45, 2.75) is 32.6 Å². The van der Waals surface area contributed by atoms with E-state index in [0.717, 1.165) is 33.3 Å². The Hall–Kier alpha value is -2.64. The molecule has 4 rings (SSSR count). The van der Waals surface area contributed by atoms with Crippen molar-refractivity contribution in [1.29, 1.82) is 0 Å². The number of fused-ring (bicyclic) bond motifs is 1. The molecule has 6 nitrogen and oxygen atoms in total. The third kappa shape index (κ3) is 3.52. The summed E-state index contributed by atoms with van der Waals surface area (Å²) in [7, 11) is -3.56. The van der Waals surface area contributed by atoms with Crippen LogP contribution in [0.1, 0.15) is 32.7 Å². The van der Waals surface area contributed by atoms with Crippen molar-refractivity contribution in [2.24, 2.45) is 0 Å². The van der Waals surface area contributed by atoms with E-state index in [1.165, 1.54) is 4.31 Å². The second-order valence-corrected chi connectivity index (χ2v) is 10.0. The minimum atomic E-state index is -3.56. The minimum absolute atomic E-state index is 0.0571. The number of piperazine rings is 1. The van der Waals surface area contributed by atoms with Crippen LogP contribution < -0.4 is 0 Å². The first-order valence-corrected chi connectivity index (χ1v) is 11.6. The predicted octanol–water partition coefficient (Wildman–Crippen LogP) is 3.55. The Bertz CT molecular complexity index is 1240. The molecule has 1 aromatic heterocycles. The van der Waals surface area contributed by atoms with Crippen molar-refractivity contribution in [1.82, 2.24) is 14.2 Å². The number of nitrogens with zero attached hydrogens (tertiary/aromatic N) is 2. The van der Waals surface area contributed by atoms with Gasteiger partial charge in [0.25, 0.3) is 5.91 Å². The fraction of sp³-hybridized carbons (Fsp3) is 0.348. The number of aromatic amines is 1. The molecule has 0 unspecified atom stereocenters. The first kappa shape index (κ1) is 20.6. The van der Waals surface area contributed by atoms with Crippen molar-refractivity contribution in [3.63, 3.8) is 0 Å². The first-order chi connectivity index (χ1) is 14.2. The summed E-state index contributed by atoms with van der Waals surface area (Å²) in [5, 5.41) is 1.05. The molecule has 0 saturated carbocycles. The number of carbonyl (C=O) groups excluding carboxylic acids is 1. The van der Waals surface area contributed by atoms with Gasteiger partial charge in [0.05, 0.1) is 4.90 Å². The highest BCUT2D eigenvalue weighted by molar-refractivity contribution is 7.89. The van der Waals surface area contributed by atoms with Crippen LogP contribution in [0.3, 0.4) is 0 Å². The fourth-order valence-electron chi connectivity index (χ4n) is 3.93. The van der Waals surface area contributed by atoms with E-state index in [9.17, 15) is 13.2 Å². The average molecular weight is 426 g/mol. The number of amides is 1. The highest BCUT2D eigenvalue weighted by Crippen LogP contribution is 2.24. The predicted molar refractivity (Wildman–Crippen MR) is 118 cm³/mol. The topological polar surface area (TPSA) is 73.5 Å². The van der Waals surface area contributed by atoms with Crippen LogP contribution in [0.25, 0.3) is 10.9 Å². The van der Waals surface area contributed by atoms with E-state index in [1.807, 2.05) is 52.0 Å². The number of rotatable bonds is 3. The normalized spacial score (nSPS) is 15.7. The van der Waals surface area contributed by atoms with Crippen molar-refractivity contribution in [3.8, 4) is 0 Å². The lowest BCUT2D eigenvalue weighted by Crippen LogP contribution is -2.50. The Balaban J connectivity index is 1.49. The van der Waals surface area contributed by atoms with Gasteiger partial charge in [0.1, 0.15) is 0 Å². The number of hydrogen-bond donors (Lipinski definition) is 1. The quantitative estimate of drug-likeness (QED) is 0.697. The zero-order chi connectivity index (χ0) is 21.6. The average Bonchev–Trinajstić information content (AvgIpc) is 3.02. The molecule has 0 aliphatic carbocycles. The number of sulfonamides is 1. The van der Waals surface area contributed by atoms with Crippen molar-refractivity contribution >= 4 is 26.8 Å². The molecule has 0 atom stereocenters. The van der Waals surface area contributed by atoms with Gasteiger partial charge in [0.2, 0.25) is 10.0 Å². The number of nitrogens with one attached hydrogen (secondary N) is 1. The number of aryl methyl sites for hydroxylation is 4. The minimum Gasteiger partial charge on any atom is -0.358 e. The number of benzene rings is 2. The van der Waals surface area contributed by atoms with E-state index >= 15 is 0 Å². The van der Waals surface area contributed by atoms with E-state index in [2.05, 4.69) is 4.98 Å². The monoisotopic (exact) mass is 425 g/mol. The molecule has 30 heavy (non-hydrogen) atoms. The Morgan fingerprint density at radius 1 is 0.900 bits per heavy atom. The van der Waals surface area contributed by atoms with E-state index in [-0.39, 0.29) is 5.91 Å². The molecule has 7 heteroatoms. The van der Waals surface area contributed by atoms with Gasteiger partial charge in [-0.15, -0.1) is 0 Å². The summed E-state index contributed by atoms with van der Waals surface area (Å²) in [4.78, 5) is 18.4. The summed E-state index contributed by atoms with van der Waals surface area (Å²) in [5.74, 6) is -0.0571. The molecule has 2 aromatic carbocycles. The lowest BCUT2D eigenvalue weighted by molar-refractivity contribution is 0.0698. The molecule has 1 amide bonds. The van der Waals surface area contributed by atoms with Crippen LogP contribution in [-0.4, -0.2) is 54.7 Å². The molecule has 0 bridgehead atoms. The molecule has 0 spiro atoms. The van der Waals surface area contributed by atoms with Gasteiger partial charge in [-0.25, -0.2) is 8.42 Å². The maximum absolute atomic E-state index is 13.0. The second kappa shape index (κ2) is 7.56. The lowest BCUT2D eigenvalue weighted by atomic mass is 10.1. The Labute approximate surface area is 177 Å². The van der Waals surface area contributed by atoms with Gasteiger partial charge in [0, 0.05) is 48.3 Å². The van der Waals surface area contributed by atoms with Crippen LogP contribution in [0.4, 0.5) is 0 Å². The summed E-state index contributed by atoms with van der Waals surface area (Å²) >= 11 is 0. The van der Waals surface area contributed by atoms with Gasteiger partial charge < -0.3 is 9.88 Å². The van der Waals surface area contributed by atoms with Crippen molar-refractivity contribution in [3.05, 3.63) is 64.3 Å². The summed E-state index contributed by atoms with van der Waals surface area (Å²) in [5.41, 5.74) is 5.91. The van der Waals surface area contributed by atoms with E-state index in [1.54, 1.807) is 17.0 Å². The summed E-state index contributed by atoms with van der Waals surface area (Å²) in [6.45, 7) is 9.29. The first-order valence-electron chi connectivity index (χ1n) is 10.1. The molecule has 3 aromatic rings. The molecule has 1 N–H and O–H groups in total. The Kier molecular flexibility index (Phi) is 5.20. The van der Waals surface area contributed by atoms with Crippen LogP contribution in [0.2, 0.25) is 0 Å². The summed E-state index contributed by atoms with van der Waals surface area (Å²) < 4.78 is 27.5. The largest absolute Gasteiger partial charge is 0.358 e. The van der Waals surface area contributed by atoms with Crippen LogP contribution in [0, 0.1) is 27.7 Å². The lowest BCUT2D eigenvalue weighted by Gasteiger charge is -2.34. The smallest absolute Gasteiger partial charge is 0.253 e. The Morgan fingerprint density at radius 3 is 2.27 bits per heavy atom. The second-order valence-electron chi connectivity index (χ2n) is 8.08. The molecule has 2 heterocycles. The Morgan fingerprint density at radius 2 is 1.60 bits per heavy atom. The van der Waals surface area contributed by atoms with Gasteiger partial charge in [-0.2, -0.15) is 4.31 Å². The highest BCUT2D eigenvalue weighted by Gasteiger charge is 2.30. The van der Waals surface area contributed by atoms with Crippen LogP contribution >= 0.6 is 0 Å². The molecule has 0 radical (unpaired) electrons. The maximum Gasteiger partial charge on any atom is 0.253 e. The molecule has 1 aliphatic rings. The molecular formula is C23H27N3O3S. The fourth-order valence-corrected chi connectivity index (χ4v) is 5.44. The molecule has 1 fully saturated rings. The van der Waals surface area contributed by atoms with Gasteiger partial charge in [-0.1, -0.05) is 6.07 Å². The molecular weight excluding hydrogens is 398 g/mol. The van der Waals surface area contributed by atoms with Gasteiger partial charge in [-0.05, 0) is 74.7 Å². The van der Waals surface area contributed by atoms with Crippen molar-refractivity contribution < 1.29 is 13.2 Å². The zero-order valence-corrected chi connectivity index (χ0v) is 18.6. The standard InChI is InChI=1S/C23H27N3O3S/c1-15-5-7-20(13-16(15)2)30(28,29)26-11-9-25(10-12-26)23(27)19-6-8-22-21(14-19)17(3)18(4)24-22/h5-8,13-14,24H,9-12H2,1-4H3. The van der Waals surface area contributed by atoms with Gasteiger partial charge in [0.15, 0.2) is 0 Å². The summed E-state index contributed by atoms with van der Waals surface area (Å²) in [6.07, 6.45) is 0. The summed E-state index contributed by atoms with van der Waals surface area (Å²) in [6, 6.07) is 10.9. The SMILES string of the molecule is Cc1ccc(S(=O)(=O)N2CCN(C(=O)c3ccc4[nH]c(C)c(C)c4c3)CC2)cc1C. The zero-order valence-electron chi connectivity index (χ0n) is 17.8. The number of H-pyrrole nitrogens is 1. The molecule has 158 valence electrons. The number of carbonyl (C=O) groups is 1. The van der Waals surface area contributed by atoms with Crippen molar-refractivity contribution in [2.75, 3.05) is 26.2 Å². The third-order valence-electron chi connectivity index (χ3n) is 6.20. The van der Waals surface area contributed by atoms with Crippen LogP contribution in [0.15, 0.2) is 41.3 Å². The van der Waals surface area contributed by atoms with E-state index in [0.29, 0.717) is 36.6 Å². The van der Waals surface area contributed by atoms with Crippen LogP contribution in [-0.2, 0) is 10.0 Å². The number of hydrogen-bond acceptors (Lipinski definition) is 3.